The van der Waals surface area contributed by atoms with Crippen LogP contribution in [-0.4, -0.2) is 32.7 Å². The summed E-state index contributed by atoms with van der Waals surface area (Å²) in [7, 11) is -3.85. The second-order valence-electron chi connectivity index (χ2n) is 9.54. The Balaban J connectivity index is 1.41. The zero-order valence-corrected chi connectivity index (χ0v) is 21.6. The first-order chi connectivity index (χ1) is 18.8. The highest BCUT2D eigenvalue weighted by Crippen LogP contribution is 2.33. The first kappa shape index (κ1) is 24.9. The van der Waals surface area contributed by atoms with Gasteiger partial charge >= 0.3 is 0 Å². The lowest BCUT2D eigenvalue weighted by atomic mass is 10.0. The number of anilines is 1. The summed E-state index contributed by atoms with van der Waals surface area (Å²) in [5.74, 6) is -1.49. The first-order valence-electron chi connectivity index (χ1n) is 12.4. The molecule has 5 aromatic rings. The van der Waals surface area contributed by atoms with Crippen LogP contribution in [-0.2, 0) is 10.0 Å². The molecular formula is C28H24F2N6O2S. The zero-order chi connectivity index (χ0) is 27.1. The van der Waals surface area contributed by atoms with Crippen molar-refractivity contribution in [2.75, 3.05) is 4.72 Å². The van der Waals surface area contributed by atoms with Gasteiger partial charge in [-0.15, -0.1) is 0 Å². The summed E-state index contributed by atoms with van der Waals surface area (Å²) in [6.45, 7) is 3.32. The molecule has 0 atom stereocenters. The molecule has 1 fully saturated rings. The first-order valence-corrected chi connectivity index (χ1v) is 14.0. The fraction of sp³-hybridized carbons (Fsp3) is 0.179. The van der Waals surface area contributed by atoms with E-state index < -0.39 is 21.7 Å². The fourth-order valence-electron chi connectivity index (χ4n) is 5.00. The molecule has 39 heavy (non-hydrogen) atoms. The maximum Gasteiger partial charge on any atom is 0.254 e. The molecule has 198 valence electrons. The minimum absolute atomic E-state index is 0.108. The second kappa shape index (κ2) is 9.73. The van der Waals surface area contributed by atoms with Crippen molar-refractivity contribution < 1.29 is 17.2 Å². The number of rotatable bonds is 7. The van der Waals surface area contributed by atoms with E-state index in [1.165, 1.54) is 25.0 Å². The monoisotopic (exact) mass is 546 g/mol. The number of fused-ring (bicyclic) bond motifs is 1. The van der Waals surface area contributed by atoms with Crippen LogP contribution in [0.4, 0.5) is 14.5 Å². The molecule has 0 aliphatic heterocycles. The molecule has 0 radical (unpaired) electrons. The number of sulfonamides is 1. The highest BCUT2D eigenvalue weighted by Gasteiger charge is 2.19. The third kappa shape index (κ3) is 4.92. The molecule has 1 saturated carbocycles. The lowest BCUT2D eigenvalue weighted by Gasteiger charge is -2.13. The average molecular weight is 547 g/mol. The van der Waals surface area contributed by atoms with Gasteiger partial charge in [0.25, 0.3) is 10.0 Å². The molecule has 3 aromatic heterocycles. The third-order valence-corrected chi connectivity index (χ3v) is 7.90. The molecule has 0 spiro atoms. The number of nitrogens with one attached hydrogen (secondary N) is 1. The number of hydrogen-bond acceptors (Lipinski definition) is 5. The van der Waals surface area contributed by atoms with E-state index in [0.717, 1.165) is 41.5 Å². The fourth-order valence-corrected chi connectivity index (χ4v) is 5.53. The van der Waals surface area contributed by atoms with Crippen LogP contribution in [0, 0.1) is 11.6 Å². The number of hydrogen-bond donors (Lipinski definition) is 1. The summed E-state index contributed by atoms with van der Waals surface area (Å²) in [5, 5.41) is 5.33. The minimum atomic E-state index is -3.85. The van der Waals surface area contributed by atoms with Gasteiger partial charge in [-0.1, -0.05) is 19.4 Å². The molecule has 1 N–H and O–H groups in total. The van der Waals surface area contributed by atoms with Crippen molar-refractivity contribution in [3.8, 4) is 27.9 Å². The van der Waals surface area contributed by atoms with Crippen LogP contribution in [0.15, 0.2) is 79.4 Å². The average Bonchev–Trinajstić information content (AvgIpc) is 3.68. The van der Waals surface area contributed by atoms with Crippen LogP contribution in [0.2, 0.25) is 0 Å². The standard InChI is InChI=1S/C28H24F2N6O2S/c1-2-39(37,38)34-22-9-18(25-8-7-21(29)12-26(25)30)10-24(13-22)35-17-32-27-11-19(14-31-28(27)35)20-15-33-36(16-20)23-5-3-4-6-23/h2,7-17,23,34H,1,3-6H2. The molecule has 1 aliphatic rings. The quantitative estimate of drug-likeness (QED) is 0.261. The predicted octanol–water partition coefficient (Wildman–Crippen LogP) is 6.23. The van der Waals surface area contributed by atoms with E-state index in [2.05, 4.69) is 26.4 Å². The van der Waals surface area contributed by atoms with Crippen LogP contribution >= 0.6 is 0 Å². The van der Waals surface area contributed by atoms with E-state index >= 15 is 0 Å². The van der Waals surface area contributed by atoms with E-state index in [1.54, 1.807) is 29.2 Å². The highest BCUT2D eigenvalue weighted by atomic mass is 32.2. The van der Waals surface area contributed by atoms with Gasteiger partial charge in [0, 0.05) is 40.6 Å². The van der Waals surface area contributed by atoms with Crippen molar-refractivity contribution in [3.63, 3.8) is 0 Å². The summed E-state index contributed by atoms with van der Waals surface area (Å²) in [6, 6.07) is 10.3. The SMILES string of the molecule is C=CS(=O)(=O)Nc1cc(-c2ccc(F)cc2F)cc(-n2cnc3cc(-c4cnn(C5CCCC5)c4)cnc32)c1. The Morgan fingerprint density at radius 3 is 2.56 bits per heavy atom. The summed E-state index contributed by atoms with van der Waals surface area (Å²) in [4.78, 5) is 9.15. The van der Waals surface area contributed by atoms with Crippen molar-refractivity contribution in [3.05, 3.63) is 91.0 Å². The molecule has 0 saturated heterocycles. The van der Waals surface area contributed by atoms with Gasteiger partial charge in [0.05, 0.1) is 23.6 Å². The molecule has 1 aliphatic carbocycles. The van der Waals surface area contributed by atoms with Crippen molar-refractivity contribution in [2.45, 2.75) is 31.7 Å². The zero-order valence-electron chi connectivity index (χ0n) is 20.8. The molecule has 11 heteroatoms. The Kier molecular flexibility index (Phi) is 6.22. The molecular weight excluding hydrogens is 522 g/mol. The van der Waals surface area contributed by atoms with Crippen molar-refractivity contribution in [1.29, 1.82) is 0 Å². The van der Waals surface area contributed by atoms with E-state index in [4.69, 9.17) is 0 Å². The summed E-state index contributed by atoms with van der Waals surface area (Å²) < 4.78 is 58.7. The highest BCUT2D eigenvalue weighted by molar-refractivity contribution is 7.95. The Morgan fingerprint density at radius 2 is 1.79 bits per heavy atom. The van der Waals surface area contributed by atoms with Crippen LogP contribution < -0.4 is 4.72 Å². The molecule has 6 rings (SSSR count). The minimum Gasteiger partial charge on any atom is -0.283 e. The summed E-state index contributed by atoms with van der Waals surface area (Å²) in [5.41, 5.74) is 4.06. The summed E-state index contributed by atoms with van der Waals surface area (Å²) >= 11 is 0. The molecule has 2 aromatic carbocycles. The summed E-state index contributed by atoms with van der Waals surface area (Å²) in [6.07, 6.45) is 11.9. The number of nitrogens with zero attached hydrogens (tertiary/aromatic N) is 5. The van der Waals surface area contributed by atoms with E-state index in [1.807, 2.05) is 23.1 Å². The van der Waals surface area contributed by atoms with E-state index in [0.29, 0.717) is 28.5 Å². The Labute approximate surface area is 223 Å². The molecule has 3 heterocycles. The van der Waals surface area contributed by atoms with Crippen molar-refractivity contribution >= 4 is 26.9 Å². The largest absolute Gasteiger partial charge is 0.283 e. The van der Waals surface area contributed by atoms with Crippen LogP contribution in [0.5, 0.6) is 0 Å². The normalized spacial score (nSPS) is 14.2. The van der Waals surface area contributed by atoms with Crippen molar-refractivity contribution in [2.24, 2.45) is 0 Å². The second-order valence-corrected chi connectivity index (χ2v) is 11.2. The van der Waals surface area contributed by atoms with Crippen LogP contribution in [0.25, 0.3) is 39.1 Å². The topological polar surface area (TPSA) is 94.7 Å². The van der Waals surface area contributed by atoms with E-state index in [-0.39, 0.29) is 11.3 Å². The number of imidazole rings is 1. The van der Waals surface area contributed by atoms with Crippen molar-refractivity contribution in [1.82, 2.24) is 24.3 Å². The molecule has 8 nitrogen and oxygen atoms in total. The molecule has 0 amide bonds. The number of halogens is 2. The van der Waals surface area contributed by atoms with Gasteiger partial charge in [0.15, 0.2) is 5.65 Å². The van der Waals surface area contributed by atoms with Gasteiger partial charge in [0.1, 0.15) is 23.5 Å². The van der Waals surface area contributed by atoms with Gasteiger partial charge in [-0.25, -0.2) is 27.2 Å². The van der Waals surface area contributed by atoms with Gasteiger partial charge in [0.2, 0.25) is 0 Å². The van der Waals surface area contributed by atoms with E-state index in [9.17, 15) is 17.2 Å². The van der Waals surface area contributed by atoms with Gasteiger partial charge in [-0.05, 0) is 54.8 Å². The lowest BCUT2D eigenvalue weighted by molar-refractivity contribution is 0.467. The van der Waals surface area contributed by atoms with Gasteiger partial charge in [-0.2, -0.15) is 5.10 Å². The van der Waals surface area contributed by atoms with Crippen LogP contribution in [0.3, 0.4) is 0 Å². The van der Waals surface area contributed by atoms with Gasteiger partial charge in [-0.3, -0.25) is 14.0 Å². The number of aromatic nitrogens is 5. The predicted molar refractivity (Wildman–Crippen MR) is 146 cm³/mol. The Bertz CT molecular complexity index is 1820. The maximum atomic E-state index is 14.7. The number of benzene rings is 2. The Morgan fingerprint density at radius 1 is 0.974 bits per heavy atom. The third-order valence-electron chi connectivity index (χ3n) is 6.94. The van der Waals surface area contributed by atoms with Crippen LogP contribution in [0.1, 0.15) is 31.7 Å². The Hall–Kier alpha value is -4.38. The smallest absolute Gasteiger partial charge is 0.254 e. The number of pyridine rings is 1. The molecule has 0 unspecified atom stereocenters. The molecule has 0 bridgehead atoms. The maximum absolute atomic E-state index is 14.7. The lowest BCUT2D eigenvalue weighted by Crippen LogP contribution is -2.09. The van der Waals surface area contributed by atoms with Gasteiger partial charge < -0.3 is 0 Å².